The van der Waals surface area contributed by atoms with Gasteiger partial charge < -0.3 is 35.6 Å². The summed E-state index contributed by atoms with van der Waals surface area (Å²) in [7, 11) is 1.65. The smallest absolute Gasteiger partial charge is 0.231 e. The molecular weight excluding hydrogens is 394 g/mol. The summed E-state index contributed by atoms with van der Waals surface area (Å²) in [5.74, 6) is 2.79. The number of morpholine rings is 1. The van der Waals surface area contributed by atoms with Crippen LogP contribution in [0.25, 0.3) is 0 Å². The van der Waals surface area contributed by atoms with E-state index in [0.717, 1.165) is 54.9 Å². The Morgan fingerprint density at radius 3 is 2.35 bits per heavy atom. The Morgan fingerprint density at radius 2 is 1.61 bits per heavy atom. The molecule has 9 heteroatoms. The van der Waals surface area contributed by atoms with Crippen LogP contribution in [0, 0.1) is 0 Å². The summed E-state index contributed by atoms with van der Waals surface area (Å²) in [5.41, 5.74) is 3.88. The number of methoxy groups -OCH3 is 1. The zero-order chi connectivity index (χ0) is 21.0. The maximum Gasteiger partial charge on any atom is 0.231 e. The average Bonchev–Trinajstić information content (AvgIpc) is 3.30. The molecule has 0 amide bonds. The Labute approximate surface area is 180 Å². The largest absolute Gasteiger partial charge is 0.497 e. The van der Waals surface area contributed by atoms with Crippen LogP contribution in [0.15, 0.2) is 48.5 Å². The molecule has 0 radical (unpaired) electrons. The second-order valence-electron chi connectivity index (χ2n) is 7.27. The van der Waals surface area contributed by atoms with Gasteiger partial charge in [0.15, 0.2) is 11.6 Å². The van der Waals surface area contributed by atoms with Crippen molar-refractivity contribution in [1.82, 2.24) is 9.97 Å². The number of benzene rings is 2. The lowest BCUT2D eigenvalue weighted by Gasteiger charge is -2.28. The first-order valence-corrected chi connectivity index (χ1v) is 10.3. The number of ether oxygens (including phenoxy) is 2. The quantitative estimate of drug-likeness (QED) is 0.478. The Hall–Kier alpha value is -3.72. The standard InChI is InChI=1S/C22H25N7O2/c1-30-18-8-4-15(5-9-18)25-21-19-20(24-14-23-19)27-22(28-21)26-16-2-6-17(7-3-16)29-10-12-31-13-11-29/h2-9,23H,10-14H2,1H3,(H3,24,25,26,27,28). The minimum atomic E-state index is 0.519. The number of rotatable bonds is 6. The first-order valence-electron chi connectivity index (χ1n) is 10.3. The number of hydrogen-bond donors (Lipinski definition) is 4. The molecule has 0 saturated carbocycles. The normalized spacial score (nSPS) is 14.9. The lowest BCUT2D eigenvalue weighted by molar-refractivity contribution is 0.122. The molecule has 2 aliphatic rings. The van der Waals surface area contributed by atoms with Crippen LogP contribution in [-0.2, 0) is 4.74 Å². The van der Waals surface area contributed by atoms with Gasteiger partial charge in [-0.2, -0.15) is 9.97 Å². The molecule has 3 aromatic rings. The lowest BCUT2D eigenvalue weighted by Crippen LogP contribution is -2.36. The molecule has 3 heterocycles. The summed E-state index contributed by atoms with van der Waals surface area (Å²) >= 11 is 0. The second kappa shape index (κ2) is 8.57. The Kier molecular flexibility index (Phi) is 5.32. The molecule has 0 bridgehead atoms. The van der Waals surface area contributed by atoms with E-state index in [1.165, 1.54) is 5.69 Å². The van der Waals surface area contributed by atoms with Gasteiger partial charge in [0, 0.05) is 30.2 Å². The van der Waals surface area contributed by atoms with Crippen LogP contribution in [0.1, 0.15) is 0 Å². The second-order valence-corrected chi connectivity index (χ2v) is 7.27. The van der Waals surface area contributed by atoms with Gasteiger partial charge in [0.05, 0.1) is 27.0 Å². The van der Waals surface area contributed by atoms with E-state index in [1.807, 2.05) is 36.4 Å². The monoisotopic (exact) mass is 419 g/mol. The predicted molar refractivity (Wildman–Crippen MR) is 123 cm³/mol. The van der Waals surface area contributed by atoms with Gasteiger partial charge in [-0.1, -0.05) is 0 Å². The number of nitrogens with zero attached hydrogens (tertiary/aromatic N) is 3. The van der Waals surface area contributed by atoms with E-state index in [0.29, 0.717) is 18.4 Å². The SMILES string of the molecule is COc1ccc(Nc2nc(Nc3ccc(N4CCOCC4)cc3)nc3c2NCN3)cc1. The fraction of sp³-hybridized carbons (Fsp3) is 0.273. The van der Waals surface area contributed by atoms with E-state index >= 15 is 0 Å². The molecule has 31 heavy (non-hydrogen) atoms. The van der Waals surface area contributed by atoms with E-state index < -0.39 is 0 Å². The summed E-state index contributed by atoms with van der Waals surface area (Å²) in [6, 6.07) is 16.0. The van der Waals surface area contributed by atoms with Gasteiger partial charge in [0.25, 0.3) is 0 Å². The van der Waals surface area contributed by atoms with Crippen molar-refractivity contribution >= 4 is 40.3 Å². The number of aromatic nitrogens is 2. The first-order chi connectivity index (χ1) is 15.3. The third-order valence-electron chi connectivity index (χ3n) is 5.28. The third kappa shape index (κ3) is 4.26. The highest BCUT2D eigenvalue weighted by atomic mass is 16.5. The first kappa shape index (κ1) is 19.3. The molecule has 4 N–H and O–H groups in total. The van der Waals surface area contributed by atoms with Gasteiger partial charge in [0.2, 0.25) is 5.95 Å². The average molecular weight is 419 g/mol. The van der Waals surface area contributed by atoms with Gasteiger partial charge in [-0.15, -0.1) is 0 Å². The van der Waals surface area contributed by atoms with Crippen molar-refractivity contribution in [3.05, 3.63) is 48.5 Å². The van der Waals surface area contributed by atoms with Crippen LogP contribution < -0.4 is 30.9 Å². The predicted octanol–water partition coefficient (Wildman–Crippen LogP) is 3.60. The van der Waals surface area contributed by atoms with Crippen molar-refractivity contribution in [2.24, 2.45) is 0 Å². The maximum atomic E-state index is 5.43. The van der Waals surface area contributed by atoms with Crippen molar-refractivity contribution in [1.29, 1.82) is 0 Å². The highest BCUT2D eigenvalue weighted by Gasteiger charge is 2.19. The lowest BCUT2D eigenvalue weighted by atomic mass is 10.2. The van der Waals surface area contributed by atoms with E-state index in [9.17, 15) is 0 Å². The molecule has 2 aliphatic heterocycles. The molecule has 0 spiro atoms. The molecule has 0 atom stereocenters. The summed E-state index contributed by atoms with van der Waals surface area (Å²) < 4.78 is 10.7. The van der Waals surface area contributed by atoms with Crippen LogP contribution in [0.2, 0.25) is 0 Å². The minimum absolute atomic E-state index is 0.519. The summed E-state index contributed by atoms with van der Waals surface area (Å²) in [5, 5.41) is 13.2. The van der Waals surface area contributed by atoms with Gasteiger partial charge in [-0.25, -0.2) is 0 Å². The van der Waals surface area contributed by atoms with Crippen LogP contribution in [-0.4, -0.2) is 50.0 Å². The van der Waals surface area contributed by atoms with Gasteiger partial charge in [-0.3, -0.25) is 0 Å². The van der Waals surface area contributed by atoms with E-state index in [-0.39, 0.29) is 0 Å². The third-order valence-corrected chi connectivity index (χ3v) is 5.28. The van der Waals surface area contributed by atoms with Gasteiger partial charge in [-0.05, 0) is 48.5 Å². The molecule has 1 saturated heterocycles. The molecular formula is C22H25N7O2. The molecule has 160 valence electrons. The molecule has 1 fully saturated rings. The van der Waals surface area contributed by atoms with Crippen LogP contribution in [0.3, 0.4) is 0 Å². The van der Waals surface area contributed by atoms with Crippen molar-refractivity contribution in [3.8, 4) is 5.75 Å². The molecule has 9 nitrogen and oxygen atoms in total. The van der Waals surface area contributed by atoms with Crippen molar-refractivity contribution in [2.75, 3.05) is 66.2 Å². The number of anilines is 7. The van der Waals surface area contributed by atoms with E-state index in [2.05, 4.69) is 43.3 Å². The summed E-state index contributed by atoms with van der Waals surface area (Å²) in [6.45, 7) is 3.99. The maximum absolute atomic E-state index is 5.43. The fourth-order valence-corrected chi connectivity index (χ4v) is 3.64. The number of nitrogens with one attached hydrogen (secondary N) is 4. The summed E-state index contributed by atoms with van der Waals surface area (Å²) in [4.78, 5) is 11.6. The fourth-order valence-electron chi connectivity index (χ4n) is 3.64. The zero-order valence-corrected chi connectivity index (χ0v) is 17.3. The molecule has 0 unspecified atom stereocenters. The minimum Gasteiger partial charge on any atom is -0.497 e. The Bertz CT molecular complexity index is 1030. The van der Waals surface area contributed by atoms with E-state index in [1.54, 1.807) is 7.11 Å². The molecule has 2 aromatic carbocycles. The van der Waals surface area contributed by atoms with E-state index in [4.69, 9.17) is 14.5 Å². The van der Waals surface area contributed by atoms with Gasteiger partial charge >= 0.3 is 0 Å². The number of fused-ring (bicyclic) bond motifs is 1. The molecule has 0 aliphatic carbocycles. The van der Waals surface area contributed by atoms with Crippen LogP contribution in [0.5, 0.6) is 5.75 Å². The highest BCUT2D eigenvalue weighted by molar-refractivity contribution is 5.84. The Balaban J connectivity index is 1.35. The van der Waals surface area contributed by atoms with Gasteiger partial charge in [0.1, 0.15) is 11.4 Å². The van der Waals surface area contributed by atoms with Crippen molar-refractivity contribution in [2.45, 2.75) is 0 Å². The van der Waals surface area contributed by atoms with Crippen LogP contribution in [0.4, 0.5) is 40.3 Å². The van der Waals surface area contributed by atoms with Crippen LogP contribution >= 0.6 is 0 Å². The number of hydrogen-bond acceptors (Lipinski definition) is 9. The highest BCUT2D eigenvalue weighted by Crippen LogP contribution is 2.35. The van der Waals surface area contributed by atoms with Crippen molar-refractivity contribution in [3.63, 3.8) is 0 Å². The molecule has 1 aromatic heterocycles. The zero-order valence-electron chi connectivity index (χ0n) is 17.3. The topological polar surface area (TPSA) is 95.6 Å². The van der Waals surface area contributed by atoms with Crippen molar-refractivity contribution < 1.29 is 9.47 Å². The molecule has 5 rings (SSSR count). The Morgan fingerprint density at radius 1 is 0.903 bits per heavy atom. The summed E-state index contributed by atoms with van der Waals surface area (Å²) in [6.07, 6.45) is 0.